The second kappa shape index (κ2) is 10.7. The SMILES string of the molecule is O=C(CCS)NC1CCCCCCCCCCC1. The highest BCUT2D eigenvalue weighted by Gasteiger charge is 2.11. The molecule has 1 aliphatic rings. The molecular weight excluding hydrogens is 242 g/mol. The van der Waals surface area contributed by atoms with Crippen LogP contribution >= 0.6 is 12.6 Å². The summed E-state index contributed by atoms with van der Waals surface area (Å²) < 4.78 is 0. The summed E-state index contributed by atoms with van der Waals surface area (Å²) in [6, 6.07) is 0.414. The van der Waals surface area contributed by atoms with Crippen molar-refractivity contribution in [1.82, 2.24) is 5.32 Å². The van der Waals surface area contributed by atoms with Gasteiger partial charge in [-0.2, -0.15) is 12.6 Å². The number of amides is 1. The number of hydrogen-bond acceptors (Lipinski definition) is 2. The lowest BCUT2D eigenvalue weighted by Gasteiger charge is -2.19. The molecule has 1 saturated carbocycles. The minimum absolute atomic E-state index is 0.182. The van der Waals surface area contributed by atoms with Gasteiger partial charge in [0.15, 0.2) is 0 Å². The predicted molar refractivity (Wildman–Crippen MR) is 81.2 cm³/mol. The molecule has 1 aliphatic carbocycles. The first-order valence-corrected chi connectivity index (χ1v) is 8.36. The molecule has 0 aromatic carbocycles. The van der Waals surface area contributed by atoms with Gasteiger partial charge in [-0.25, -0.2) is 0 Å². The molecule has 0 radical (unpaired) electrons. The van der Waals surface area contributed by atoms with Crippen LogP contribution in [0.3, 0.4) is 0 Å². The molecule has 1 rings (SSSR count). The van der Waals surface area contributed by atoms with Crippen LogP contribution in [0.25, 0.3) is 0 Å². The fraction of sp³-hybridized carbons (Fsp3) is 0.933. The molecule has 0 saturated heterocycles. The van der Waals surface area contributed by atoms with Gasteiger partial charge in [-0.05, 0) is 18.6 Å². The summed E-state index contributed by atoms with van der Waals surface area (Å²) >= 11 is 4.11. The summed E-state index contributed by atoms with van der Waals surface area (Å²) in [5, 5.41) is 3.18. The quantitative estimate of drug-likeness (QED) is 0.744. The lowest BCUT2D eigenvalue weighted by atomic mass is 9.98. The minimum Gasteiger partial charge on any atom is -0.353 e. The molecule has 3 heteroatoms. The van der Waals surface area contributed by atoms with E-state index in [1.807, 2.05) is 0 Å². The minimum atomic E-state index is 0.182. The molecule has 0 aliphatic heterocycles. The Balaban J connectivity index is 2.29. The Morgan fingerprint density at radius 2 is 1.33 bits per heavy atom. The average molecular weight is 271 g/mol. The standard InChI is InChI=1S/C15H29NOS/c17-15(12-13-18)16-14-10-8-6-4-2-1-3-5-7-9-11-14/h14,18H,1-13H2,(H,16,17). The van der Waals surface area contributed by atoms with Gasteiger partial charge in [0.1, 0.15) is 0 Å². The third-order valence-corrected chi connectivity index (χ3v) is 4.03. The van der Waals surface area contributed by atoms with Gasteiger partial charge in [0.2, 0.25) is 5.91 Å². The summed E-state index contributed by atoms with van der Waals surface area (Å²) in [7, 11) is 0. The first-order valence-electron chi connectivity index (χ1n) is 7.73. The maximum atomic E-state index is 11.6. The smallest absolute Gasteiger partial charge is 0.221 e. The number of hydrogen-bond donors (Lipinski definition) is 2. The highest BCUT2D eigenvalue weighted by atomic mass is 32.1. The zero-order valence-corrected chi connectivity index (χ0v) is 12.5. The predicted octanol–water partition coefficient (Wildman–Crippen LogP) is 4.10. The van der Waals surface area contributed by atoms with E-state index in [4.69, 9.17) is 0 Å². The van der Waals surface area contributed by atoms with Gasteiger partial charge in [-0.15, -0.1) is 0 Å². The van der Waals surface area contributed by atoms with Crippen molar-refractivity contribution in [2.75, 3.05) is 5.75 Å². The first-order chi connectivity index (χ1) is 8.83. The van der Waals surface area contributed by atoms with E-state index in [-0.39, 0.29) is 5.91 Å². The van der Waals surface area contributed by atoms with Crippen molar-refractivity contribution in [2.24, 2.45) is 0 Å². The van der Waals surface area contributed by atoms with E-state index in [0.29, 0.717) is 18.2 Å². The van der Waals surface area contributed by atoms with Crippen LogP contribution in [0.15, 0.2) is 0 Å². The van der Waals surface area contributed by atoms with E-state index in [0.717, 1.165) is 12.8 Å². The van der Waals surface area contributed by atoms with Gasteiger partial charge in [0, 0.05) is 12.5 Å². The molecule has 0 bridgehead atoms. The van der Waals surface area contributed by atoms with E-state index >= 15 is 0 Å². The first kappa shape index (κ1) is 15.9. The van der Waals surface area contributed by atoms with Crippen molar-refractivity contribution >= 4 is 18.5 Å². The maximum Gasteiger partial charge on any atom is 0.221 e. The van der Waals surface area contributed by atoms with E-state index in [2.05, 4.69) is 17.9 Å². The normalized spacial score (nSPS) is 20.7. The average Bonchev–Trinajstić information content (AvgIpc) is 2.33. The lowest BCUT2D eigenvalue weighted by Crippen LogP contribution is -2.35. The van der Waals surface area contributed by atoms with Gasteiger partial charge >= 0.3 is 0 Å². The topological polar surface area (TPSA) is 29.1 Å². The van der Waals surface area contributed by atoms with E-state index in [9.17, 15) is 4.79 Å². The Morgan fingerprint density at radius 3 is 1.78 bits per heavy atom. The van der Waals surface area contributed by atoms with Crippen LogP contribution in [0.1, 0.15) is 77.0 Å². The van der Waals surface area contributed by atoms with Crippen LogP contribution in [0, 0.1) is 0 Å². The zero-order chi connectivity index (χ0) is 13.1. The number of nitrogens with one attached hydrogen (secondary N) is 1. The largest absolute Gasteiger partial charge is 0.353 e. The molecule has 0 atom stereocenters. The highest BCUT2D eigenvalue weighted by Crippen LogP contribution is 2.17. The van der Waals surface area contributed by atoms with Crippen molar-refractivity contribution in [3.8, 4) is 0 Å². The van der Waals surface area contributed by atoms with Gasteiger partial charge < -0.3 is 5.32 Å². The van der Waals surface area contributed by atoms with Crippen LogP contribution in [0.4, 0.5) is 0 Å². The number of carbonyl (C=O) groups excluding carboxylic acids is 1. The molecule has 106 valence electrons. The Labute approximate surface area is 118 Å². The van der Waals surface area contributed by atoms with Gasteiger partial charge in [0.05, 0.1) is 0 Å². The molecular formula is C15H29NOS. The summed E-state index contributed by atoms with van der Waals surface area (Å²) in [5.74, 6) is 0.834. The van der Waals surface area contributed by atoms with E-state index in [1.165, 1.54) is 57.8 Å². The van der Waals surface area contributed by atoms with Crippen LogP contribution in [-0.2, 0) is 4.79 Å². The van der Waals surface area contributed by atoms with Crippen molar-refractivity contribution in [2.45, 2.75) is 83.1 Å². The monoisotopic (exact) mass is 271 g/mol. The second-order valence-electron chi connectivity index (χ2n) is 5.50. The Bertz CT molecular complexity index is 209. The fourth-order valence-electron chi connectivity index (χ4n) is 2.71. The Morgan fingerprint density at radius 1 is 0.889 bits per heavy atom. The van der Waals surface area contributed by atoms with Crippen molar-refractivity contribution in [3.05, 3.63) is 0 Å². The molecule has 0 aromatic heterocycles. The Kier molecular flexibility index (Phi) is 9.45. The molecule has 1 amide bonds. The highest BCUT2D eigenvalue weighted by molar-refractivity contribution is 7.80. The van der Waals surface area contributed by atoms with Crippen molar-refractivity contribution in [1.29, 1.82) is 0 Å². The number of carbonyl (C=O) groups is 1. The zero-order valence-electron chi connectivity index (χ0n) is 11.6. The van der Waals surface area contributed by atoms with Crippen molar-refractivity contribution in [3.63, 3.8) is 0 Å². The third kappa shape index (κ3) is 8.02. The van der Waals surface area contributed by atoms with E-state index in [1.54, 1.807) is 0 Å². The molecule has 18 heavy (non-hydrogen) atoms. The van der Waals surface area contributed by atoms with Gasteiger partial charge in [-0.3, -0.25) is 4.79 Å². The van der Waals surface area contributed by atoms with Crippen LogP contribution in [0.2, 0.25) is 0 Å². The van der Waals surface area contributed by atoms with Crippen LogP contribution in [0.5, 0.6) is 0 Å². The number of rotatable bonds is 3. The van der Waals surface area contributed by atoms with Gasteiger partial charge in [0.25, 0.3) is 0 Å². The maximum absolute atomic E-state index is 11.6. The molecule has 0 aromatic rings. The summed E-state index contributed by atoms with van der Waals surface area (Å²) in [6.45, 7) is 0. The summed E-state index contributed by atoms with van der Waals surface area (Å²) in [4.78, 5) is 11.6. The third-order valence-electron chi connectivity index (χ3n) is 3.81. The van der Waals surface area contributed by atoms with Crippen LogP contribution in [-0.4, -0.2) is 17.7 Å². The Hall–Kier alpha value is -0.180. The summed E-state index contributed by atoms with van der Waals surface area (Å²) in [6.07, 6.45) is 15.1. The fourth-order valence-corrected chi connectivity index (χ4v) is 2.91. The van der Waals surface area contributed by atoms with Crippen LogP contribution < -0.4 is 5.32 Å². The molecule has 1 fully saturated rings. The second-order valence-corrected chi connectivity index (χ2v) is 5.94. The molecule has 0 heterocycles. The molecule has 2 nitrogen and oxygen atoms in total. The lowest BCUT2D eigenvalue weighted by molar-refractivity contribution is -0.121. The summed E-state index contributed by atoms with van der Waals surface area (Å²) in [5.41, 5.74) is 0. The molecule has 0 spiro atoms. The molecule has 1 N–H and O–H groups in total. The molecule has 0 unspecified atom stereocenters. The van der Waals surface area contributed by atoms with Gasteiger partial charge in [-0.1, -0.05) is 57.8 Å². The van der Waals surface area contributed by atoms with Crippen molar-refractivity contribution < 1.29 is 4.79 Å². The van der Waals surface area contributed by atoms with E-state index < -0.39 is 0 Å². The number of thiol groups is 1.